The first-order valence-corrected chi connectivity index (χ1v) is 9.98. The Labute approximate surface area is 151 Å². The van der Waals surface area contributed by atoms with Gasteiger partial charge in [0.05, 0.1) is 5.88 Å². The predicted octanol–water partition coefficient (Wildman–Crippen LogP) is 3.27. The summed E-state index contributed by atoms with van der Waals surface area (Å²) < 4.78 is 5.82. The number of fused-ring (bicyclic) bond motifs is 1. The standard InChI is InChI=1S/C19H22N2O3S/c1-13-14-7-3-4-8-16(14)24-17(13)19(23)21-12-25-11-15(21)18(22)20-9-5-2-6-10-20/h3-4,7-8,15H,2,5-6,9-12H2,1H3/t15-/m1/s1. The van der Waals surface area contributed by atoms with Crippen LogP contribution in [0.25, 0.3) is 11.0 Å². The highest BCUT2D eigenvalue weighted by Gasteiger charge is 2.39. The zero-order valence-electron chi connectivity index (χ0n) is 14.4. The molecule has 0 N–H and O–H groups in total. The Morgan fingerprint density at radius 1 is 1.16 bits per heavy atom. The van der Waals surface area contributed by atoms with Gasteiger partial charge in [-0.3, -0.25) is 9.59 Å². The van der Waals surface area contributed by atoms with E-state index in [-0.39, 0.29) is 17.9 Å². The van der Waals surface area contributed by atoms with E-state index in [0.29, 0.717) is 23.0 Å². The normalized spacial score (nSPS) is 21.1. The highest BCUT2D eigenvalue weighted by molar-refractivity contribution is 7.99. The maximum Gasteiger partial charge on any atom is 0.291 e. The second-order valence-electron chi connectivity index (χ2n) is 6.73. The zero-order valence-corrected chi connectivity index (χ0v) is 15.2. The van der Waals surface area contributed by atoms with Gasteiger partial charge in [0.15, 0.2) is 5.76 Å². The monoisotopic (exact) mass is 358 g/mol. The Bertz CT molecular complexity index is 810. The Balaban J connectivity index is 1.59. The zero-order chi connectivity index (χ0) is 17.4. The Hall–Kier alpha value is -1.95. The van der Waals surface area contributed by atoms with Crippen LogP contribution in [0.5, 0.6) is 0 Å². The molecule has 6 heteroatoms. The van der Waals surface area contributed by atoms with Gasteiger partial charge in [0.2, 0.25) is 5.91 Å². The summed E-state index contributed by atoms with van der Waals surface area (Å²) in [5.74, 6) is 1.49. The first-order chi connectivity index (χ1) is 12.2. The Morgan fingerprint density at radius 2 is 1.92 bits per heavy atom. The van der Waals surface area contributed by atoms with Gasteiger partial charge < -0.3 is 14.2 Å². The number of likely N-dealkylation sites (tertiary alicyclic amines) is 1. The van der Waals surface area contributed by atoms with E-state index in [9.17, 15) is 9.59 Å². The number of benzene rings is 1. The van der Waals surface area contributed by atoms with Crippen LogP contribution in [0.1, 0.15) is 35.4 Å². The van der Waals surface area contributed by atoms with Crippen LogP contribution in [0.2, 0.25) is 0 Å². The fraction of sp³-hybridized carbons (Fsp3) is 0.474. The number of nitrogens with zero attached hydrogens (tertiary/aromatic N) is 2. The van der Waals surface area contributed by atoms with Gasteiger partial charge in [-0.15, -0.1) is 11.8 Å². The second-order valence-corrected chi connectivity index (χ2v) is 7.73. The number of para-hydroxylation sites is 1. The molecule has 2 amide bonds. The molecule has 5 nitrogen and oxygen atoms in total. The largest absolute Gasteiger partial charge is 0.451 e. The van der Waals surface area contributed by atoms with Crippen molar-refractivity contribution in [2.75, 3.05) is 24.7 Å². The molecular weight excluding hydrogens is 336 g/mol. The minimum absolute atomic E-state index is 0.0896. The summed E-state index contributed by atoms with van der Waals surface area (Å²) in [7, 11) is 0. The molecule has 132 valence electrons. The van der Waals surface area contributed by atoms with Crippen LogP contribution in [0.4, 0.5) is 0 Å². The summed E-state index contributed by atoms with van der Waals surface area (Å²) in [6.07, 6.45) is 3.30. The van der Waals surface area contributed by atoms with Gasteiger partial charge in [-0.25, -0.2) is 0 Å². The van der Waals surface area contributed by atoms with Crippen molar-refractivity contribution in [3.63, 3.8) is 0 Å². The molecule has 0 bridgehead atoms. The molecule has 2 aliphatic heterocycles. The first kappa shape index (κ1) is 16.5. The third-order valence-electron chi connectivity index (χ3n) is 5.13. The second kappa shape index (κ2) is 6.75. The Kier molecular flexibility index (Phi) is 4.46. The van der Waals surface area contributed by atoms with E-state index in [1.807, 2.05) is 36.1 Å². The van der Waals surface area contributed by atoms with E-state index in [0.717, 1.165) is 36.9 Å². The highest BCUT2D eigenvalue weighted by atomic mass is 32.2. The van der Waals surface area contributed by atoms with Crippen molar-refractivity contribution in [2.24, 2.45) is 0 Å². The SMILES string of the molecule is Cc1c(C(=O)N2CSC[C@@H]2C(=O)N2CCCCC2)oc2ccccc12. The third-order valence-corrected chi connectivity index (χ3v) is 6.15. The number of amides is 2. The molecule has 0 aliphatic carbocycles. The van der Waals surface area contributed by atoms with Crippen molar-refractivity contribution < 1.29 is 14.0 Å². The molecule has 2 saturated heterocycles. The lowest BCUT2D eigenvalue weighted by atomic mass is 10.1. The van der Waals surface area contributed by atoms with Crippen LogP contribution in [0.15, 0.2) is 28.7 Å². The van der Waals surface area contributed by atoms with Crippen molar-refractivity contribution in [1.82, 2.24) is 9.80 Å². The van der Waals surface area contributed by atoms with Crippen LogP contribution >= 0.6 is 11.8 Å². The lowest BCUT2D eigenvalue weighted by Crippen LogP contribution is -2.50. The van der Waals surface area contributed by atoms with E-state index in [1.165, 1.54) is 6.42 Å². The molecule has 4 rings (SSSR count). The number of hydrogen-bond donors (Lipinski definition) is 0. The molecule has 2 aromatic rings. The molecule has 2 fully saturated rings. The van der Waals surface area contributed by atoms with Crippen molar-refractivity contribution in [3.05, 3.63) is 35.6 Å². The quantitative estimate of drug-likeness (QED) is 0.827. The predicted molar refractivity (Wildman–Crippen MR) is 98.7 cm³/mol. The third kappa shape index (κ3) is 2.92. The number of aryl methyl sites for hydroxylation is 1. The van der Waals surface area contributed by atoms with Crippen molar-refractivity contribution >= 4 is 34.5 Å². The average molecular weight is 358 g/mol. The van der Waals surface area contributed by atoms with Gasteiger partial charge in [0.25, 0.3) is 5.91 Å². The maximum atomic E-state index is 13.1. The van der Waals surface area contributed by atoms with Crippen LogP contribution in [0.3, 0.4) is 0 Å². The molecule has 25 heavy (non-hydrogen) atoms. The molecule has 1 atom stereocenters. The smallest absolute Gasteiger partial charge is 0.291 e. The lowest BCUT2D eigenvalue weighted by Gasteiger charge is -2.32. The topological polar surface area (TPSA) is 53.8 Å². The Morgan fingerprint density at radius 3 is 2.68 bits per heavy atom. The number of hydrogen-bond acceptors (Lipinski definition) is 4. The van der Waals surface area contributed by atoms with E-state index in [4.69, 9.17) is 4.42 Å². The van der Waals surface area contributed by atoms with E-state index in [1.54, 1.807) is 16.7 Å². The molecule has 1 aromatic carbocycles. The van der Waals surface area contributed by atoms with E-state index >= 15 is 0 Å². The molecule has 1 aromatic heterocycles. The molecule has 2 aliphatic rings. The molecule has 3 heterocycles. The summed E-state index contributed by atoms with van der Waals surface area (Å²) in [4.78, 5) is 29.6. The van der Waals surface area contributed by atoms with Crippen LogP contribution in [-0.4, -0.2) is 52.4 Å². The fourth-order valence-corrected chi connectivity index (χ4v) is 4.83. The van der Waals surface area contributed by atoms with E-state index < -0.39 is 0 Å². The van der Waals surface area contributed by atoms with Crippen LogP contribution in [-0.2, 0) is 4.79 Å². The number of piperidine rings is 1. The summed E-state index contributed by atoms with van der Waals surface area (Å²) in [6.45, 7) is 3.53. The number of furan rings is 1. The summed E-state index contributed by atoms with van der Waals surface area (Å²) >= 11 is 1.63. The number of carbonyl (C=O) groups excluding carboxylic acids is 2. The van der Waals surface area contributed by atoms with Gasteiger partial charge in [-0.1, -0.05) is 18.2 Å². The number of rotatable bonds is 2. The van der Waals surface area contributed by atoms with Crippen molar-refractivity contribution in [2.45, 2.75) is 32.2 Å². The summed E-state index contributed by atoms with van der Waals surface area (Å²) in [5.41, 5.74) is 1.57. The van der Waals surface area contributed by atoms with Crippen LogP contribution < -0.4 is 0 Å². The number of carbonyl (C=O) groups is 2. The average Bonchev–Trinajstić information content (AvgIpc) is 3.27. The lowest BCUT2D eigenvalue weighted by molar-refractivity contribution is -0.135. The van der Waals surface area contributed by atoms with E-state index in [2.05, 4.69) is 0 Å². The molecular formula is C19H22N2O3S. The molecule has 0 unspecified atom stereocenters. The summed E-state index contributed by atoms with van der Waals surface area (Å²) in [5, 5.41) is 0.955. The van der Waals surface area contributed by atoms with Gasteiger partial charge in [-0.2, -0.15) is 0 Å². The molecule has 0 spiro atoms. The minimum Gasteiger partial charge on any atom is -0.451 e. The molecule has 0 saturated carbocycles. The van der Waals surface area contributed by atoms with Crippen molar-refractivity contribution in [1.29, 1.82) is 0 Å². The van der Waals surface area contributed by atoms with Gasteiger partial charge in [-0.05, 0) is 32.3 Å². The molecule has 0 radical (unpaired) electrons. The van der Waals surface area contributed by atoms with Gasteiger partial charge in [0.1, 0.15) is 11.6 Å². The highest BCUT2D eigenvalue weighted by Crippen LogP contribution is 2.30. The first-order valence-electron chi connectivity index (χ1n) is 8.82. The van der Waals surface area contributed by atoms with Gasteiger partial charge >= 0.3 is 0 Å². The van der Waals surface area contributed by atoms with Gasteiger partial charge in [0, 0.05) is 29.8 Å². The van der Waals surface area contributed by atoms with Crippen LogP contribution in [0, 0.1) is 6.92 Å². The minimum atomic E-state index is -0.372. The fourth-order valence-electron chi connectivity index (χ4n) is 3.68. The number of thioether (sulfide) groups is 1. The summed E-state index contributed by atoms with van der Waals surface area (Å²) in [6, 6.07) is 7.29. The van der Waals surface area contributed by atoms with Crippen molar-refractivity contribution in [3.8, 4) is 0 Å². The maximum absolute atomic E-state index is 13.1.